The summed E-state index contributed by atoms with van der Waals surface area (Å²) in [7, 11) is 0. The summed E-state index contributed by atoms with van der Waals surface area (Å²) in [4.78, 5) is 2.40. The number of thiocarbonyl (C=S) groups is 1. The summed E-state index contributed by atoms with van der Waals surface area (Å²) in [6.45, 7) is 2.33. The lowest BCUT2D eigenvalue weighted by atomic mass is 10.2. The highest BCUT2D eigenvalue weighted by molar-refractivity contribution is 7.80. The fourth-order valence-corrected chi connectivity index (χ4v) is 1.97. The van der Waals surface area contributed by atoms with Crippen LogP contribution < -0.4 is 16.1 Å². The Kier molecular flexibility index (Phi) is 3.93. The number of hydrogen-bond donors (Lipinski definition) is 2. The van der Waals surface area contributed by atoms with Gasteiger partial charge in [0.25, 0.3) is 0 Å². The minimum absolute atomic E-state index is 0.176. The van der Waals surface area contributed by atoms with E-state index in [0.29, 0.717) is 0 Å². The zero-order chi connectivity index (χ0) is 12.1. The molecule has 0 spiro atoms. The Morgan fingerprint density at radius 3 is 2.53 bits per heavy atom. The Bertz CT molecular complexity index is 407. The zero-order valence-electron chi connectivity index (χ0n) is 9.60. The second-order valence-corrected chi connectivity index (χ2v) is 4.46. The summed E-state index contributed by atoms with van der Waals surface area (Å²) in [6.07, 6.45) is 4.29. The molecule has 1 aromatic carbocycles. The second kappa shape index (κ2) is 5.63. The van der Waals surface area contributed by atoms with Crippen LogP contribution in [0.5, 0.6) is 0 Å². The lowest BCUT2D eigenvalue weighted by molar-refractivity contribution is 0.949. The van der Waals surface area contributed by atoms with Crippen molar-refractivity contribution in [1.29, 1.82) is 0 Å². The van der Waals surface area contributed by atoms with Crippen LogP contribution in [0.2, 0.25) is 0 Å². The highest BCUT2D eigenvalue weighted by Gasteiger charge is 2.11. The van der Waals surface area contributed by atoms with E-state index in [1.165, 1.54) is 18.5 Å². The predicted molar refractivity (Wildman–Crippen MR) is 75.4 cm³/mol. The molecule has 1 aliphatic heterocycles. The molecule has 1 fully saturated rings. The number of hydrazone groups is 1. The molecule has 2 rings (SSSR count). The van der Waals surface area contributed by atoms with Crippen molar-refractivity contribution in [3.63, 3.8) is 0 Å². The van der Waals surface area contributed by atoms with Crippen LogP contribution in [0, 0.1) is 0 Å². The second-order valence-electron chi connectivity index (χ2n) is 4.02. The van der Waals surface area contributed by atoms with E-state index < -0.39 is 0 Å². The van der Waals surface area contributed by atoms with Gasteiger partial charge < -0.3 is 10.6 Å². The minimum atomic E-state index is 0.176. The standard InChI is InChI=1S/C12H16N4S/c13-12(17)15-14-9-10-3-5-11(6-4-10)16-7-1-2-8-16/h3-6,9H,1-2,7-8H2,(H3,13,15,17)/b14-9-. The number of anilines is 1. The average Bonchev–Trinajstić information content (AvgIpc) is 2.83. The SMILES string of the molecule is NC(=S)N/N=C\c1ccc(N2CCCC2)cc1. The number of benzene rings is 1. The molecule has 1 heterocycles. The molecule has 1 aliphatic rings. The molecule has 0 saturated carbocycles. The van der Waals surface area contributed by atoms with Gasteiger partial charge in [0.05, 0.1) is 6.21 Å². The molecule has 0 aromatic heterocycles. The molecule has 17 heavy (non-hydrogen) atoms. The minimum Gasteiger partial charge on any atom is -0.375 e. The first-order valence-corrected chi connectivity index (χ1v) is 6.10. The van der Waals surface area contributed by atoms with E-state index >= 15 is 0 Å². The summed E-state index contributed by atoms with van der Waals surface area (Å²) < 4.78 is 0. The highest BCUT2D eigenvalue weighted by atomic mass is 32.1. The Labute approximate surface area is 106 Å². The molecule has 3 N–H and O–H groups in total. The van der Waals surface area contributed by atoms with E-state index in [1.54, 1.807) is 6.21 Å². The summed E-state index contributed by atoms with van der Waals surface area (Å²) in [5.41, 5.74) is 10.1. The van der Waals surface area contributed by atoms with Gasteiger partial charge in [-0.2, -0.15) is 5.10 Å². The van der Waals surface area contributed by atoms with Gasteiger partial charge in [0.2, 0.25) is 0 Å². The maximum Gasteiger partial charge on any atom is 0.184 e. The molecule has 0 amide bonds. The molecule has 0 atom stereocenters. The van der Waals surface area contributed by atoms with Crippen LogP contribution >= 0.6 is 12.2 Å². The number of hydrogen-bond acceptors (Lipinski definition) is 3. The fourth-order valence-electron chi connectivity index (χ4n) is 1.92. The van der Waals surface area contributed by atoms with Crippen LogP contribution in [-0.2, 0) is 0 Å². The third-order valence-electron chi connectivity index (χ3n) is 2.75. The third-order valence-corrected chi connectivity index (χ3v) is 2.84. The van der Waals surface area contributed by atoms with Crippen molar-refractivity contribution < 1.29 is 0 Å². The van der Waals surface area contributed by atoms with E-state index in [-0.39, 0.29) is 5.11 Å². The van der Waals surface area contributed by atoms with Gasteiger partial charge in [-0.05, 0) is 42.8 Å². The van der Waals surface area contributed by atoms with E-state index in [2.05, 4.69) is 39.8 Å². The van der Waals surface area contributed by atoms with E-state index in [9.17, 15) is 0 Å². The summed E-state index contributed by atoms with van der Waals surface area (Å²) >= 11 is 4.65. The van der Waals surface area contributed by atoms with Crippen molar-refractivity contribution in [1.82, 2.24) is 5.43 Å². The average molecular weight is 248 g/mol. The first-order chi connectivity index (χ1) is 8.25. The van der Waals surface area contributed by atoms with Crippen LogP contribution in [0.15, 0.2) is 29.4 Å². The Balaban J connectivity index is 1.97. The lowest BCUT2D eigenvalue weighted by Crippen LogP contribution is -2.24. The number of nitrogens with one attached hydrogen (secondary N) is 1. The molecule has 0 aliphatic carbocycles. The van der Waals surface area contributed by atoms with Gasteiger partial charge in [0.1, 0.15) is 0 Å². The van der Waals surface area contributed by atoms with Gasteiger partial charge in [-0.1, -0.05) is 12.1 Å². The van der Waals surface area contributed by atoms with Gasteiger partial charge in [-0.25, -0.2) is 0 Å². The van der Waals surface area contributed by atoms with Crippen LogP contribution in [0.1, 0.15) is 18.4 Å². The molecule has 1 aromatic rings. The van der Waals surface area contributed by atoms with Gasteiger partial charge in [-0.15, -0.1) is 0 Å². The summed E-state index contributed by atoms with van der Waals surface area (Å²) in [6, 6.07) is 8.32. The predicted octanol–water partition coefficient (Wildman–Crippen LogP) is 1.45. The summed E-state index contributed by atoms with van der Waals surface area (Å²) in [5.74, 6) is 0. The lowest BCUT2D eigenvalue weighted by Gasteiger charge is -2.17. The van der Waals surface area contributed by atoms with E-state index in [1.807, 2.05) is 12.1 Å². The molecule has 0 radical (unpaired) electrons. The molecule has 90 valence electrons. The molecule has 0 bridgehead atoms. The van der Waals surface area contributed by atoms with Gasteiger partial charge >= 0.3 is 0 Å². The van der Waals surface area contributed by atoms with E-state index in [0.717, 1.165) is 18.7 Å². The van der Waals surface area contributed by atoms with Gasteiger partial charge in [0.15, 0.2) is 5.11 Å². The maximum atomic E-state index is 5.26. The Morgan fingerprint density at radius 1 is 1.29 bits per heavy atom. The number of nitrogens with two attached hydrogens (primary N) is 1. The third kappa shape index (κ3) is 3.42. The van der Waals surface area contributed by atoms with Gasteiger partial charge in [-0.3, -0.25) is 5.43 Å². The zero-order valence-corrected chi connectivity index (χ0v) is 10.4. The van der Waals surface area contributed by atoms with Crippen molar-refractivity contribution in [2.75, 3.05) is 18.0 Å². The smallest absolute Gasteiger partial charge is 0.184 e. The van der Waals surface area contributed by atoms with E-state index in [4.69, 9.17) is 5.73 Å². The summed E-state index contributed by atoms with van der Waals surface area (Å²) in [5, 5.41) is 4.09. The normalized spacial score (nSPS) is 15.4. The topological polar surface area (TPSA) is 53.6 Å². The molecule has 0 unspecified atom stereocenters. The maximum absolute atomic E-state index is 5.26. The van der Waals surface area contributed by atoms with Crippen LogP contribution in [0.25, 0.3) is 0 Å². The van der Waals surface area contributed by atoms with Crippen LogP contribution in [0.3, 0.4) is 0 Å². The van der Waals surface area contributed by atoms with Crippen LogP contribution in [-0.4, -0.2) is 24.4 Å². The Morgan fingerprint density at radius 2 is 1.94 bits per heavy atom. The van der Waals surface area contributed by atoms with Gasteiger partial charge in [0, 0.05) is 18.8 Å². The van der Waals surface area contributed by atoms with Crippen molar-refractivity contribution in [2.45, 2.75) is 12.8 Å². The largest absolute Gasteiger partial charge is 0.375 e. The molecular weight excluding hydrogens is 232 g/mol. The van der Waals surface area contributed by atoms with Crippen molar-refractivity contribution in [3.05, 3.63) is 29.8 Å². The molecule has 1 saturated heterocycles. The van der Waals surface area contributed by atoms with Crippen LogP contribution in [0.4, 0.5) is 5.69 Å². The monoisotopic (exact) mass is 248 g/mol. The highest BCUT2D eigenvalue weighted by Crippen LogP contribution is 2.19. The number of rotatable bonds is 3. The molecular formula is C12H16N4S. The fraction of sp³-hybridized carbons (Fsp3) is 0.333. The quantitative estimate of drug-likeness (QED) is 0.483. The Hall–Kier alpha value is -1.62. The first-order valence-electron chi connectivity index (χ1n) is 5.69. The molecule has 4 nitrogen and oxygen atoms in total. The number of nitrogens with zero attached hydrogens (tertiary/aromatic N) is 2. The molecule has 5 heteroatoms. The van der Waals surface area contributed by atoms with Crippen molar-refractivity contribution in [2.24, 2.45) is 10.8 Å². The van der Waals surface area contributed by atoms with Crippen molar-refractivity contribution >= 4 is 29.2 Å². The first kappa shape index (κ1) is 11.9. The van der Waals surface area contributed by atoms with Crippen molar-refractivity contribution in [3.8, 4) is 0 Å².